The van der Waals surface area contributed by atoms with Gasteiger partial charge in [-0.15, -0.1) is 11.8 Å². The minimum atomic E-state index is -0.658. The summed E-state index contributed by atoms with van der Waals surface area (Å²) >= 11 is 1.27. The minimum Gasteiger partial charge on any atom is -0.368 e. The van der Waals surface area contributed by atoms with Crippen LogP contribution in [-0.4, -0.2) is 33.4 Å². The van der Waals surface area contributed by atoms with Crippen molar-refractivity contribution >= 4 is 29.3 Å². The van der Waals surface area contributed by atoms with Crippen molar-refractivity contribution in [3.8, 4) is 0 Å². The largest absolute Gasteiger partial charge is 0.368 e. The number of benzene rings is 2. The number of carbonyl (C=O) groups is 2. The number of carbonyl (C=O) groups excluding carboxylic acids is 2. The van der Waals surface area contributed by atoms with E-state index >= 15 is 0 Å². The fraction of sp³-hybridized carbons (Fsp3) is 0.222. The highest BCUT2D eigenvalue weighted by Gasteiger charge is 2.33. The van der Waals surface area contributed by atoms with Gasteiger partial charge in [0.1, 0.15) is 6.04 Å². The quantitative estimate of drug-likeness (QED) is 0.492. The van der Waals surface area contributed by atoms with Gasteiger partial charge in [0.25, 0.3) is 5.69 Å². The normalized spacial score (nSPS) is 16.0. The highest BCUT2D eigenvalue weighted by Crippen LogP contribution is 2.26. The lowest BCUT2D eigenvalue weighted by Gasteiger charge is -2.35. The first kappa shape index (κ1) is 17.9. The second kappa shape index (κ2) is 7.57. The summed E-state index contributed by atoms with van der Waals surface area (Å²) in [5.74, 6) is -0.580. The summed E-state index contributed by atoms with van der Waals surface area (Å²) in [4.78, 5) is 36.9. The molecule has 0 aliphatic carbocycles. The van der Waals surface area contributed by atoms with Crippen LogP contribution in [0.1, 0.15) is 11.1 Å². The highest BCUT2D eigenvalue weighted by atomic mass is 32.2. The number of thioether (sulfide) groups is 1. The van der Waals surface area contributed by atoms with Crippen molar-refractivity contribution in [3.63, 3.8) is 0 Å². The molecular formula is C18H17N3O4S. The molecule has 0 aromatic heterocycles. The Morgan fingerprint density at radius 3 is 2.42 bits per heavy atom. The van der Waals surface area contributed by atoms with Crippen molar-refractivity contribution in [1.29, 1.82) is 0 Å². The van der Waals surface area contributed by atoms with Crippen molar-refractivity contribution in [3.05, 3.63) is 69.8 Å². The Kier molecular flexibility index (Phi) is 5.22. The summed E-state index contributed by atoms with van der Waals surface area (Å²) < 4.78 is 0. The molecule has 1 heterocycles. The zero-order valence-corrected chi connectivity index (χ0v) is 14.6. The van der Waals surface area contributed by atoms with E-state index in [0.717, 1.165) is 16.0 Å². The Hall–Kier alpha value is -2.87. The molecule has 0 spiro atoms. The number of primary amides is 1. The van der Waals surface area contributed by atoms with Crippen LogP contribution in [0, 0.1) is 10.1 Å². The second-order valence-corrected chi connectivity index (χ2v) is 7.00. The van der Waals surface area contributed by atoms with Gasteiger partial charge in [0.2, 0.25) is 11.8 Å². The first-order valence-corrected chi connectivity index (χ1v) is 8.97. The van der Waals surface area contributed by atoms with E-state index in [9.17, 15) is 19.7 Å². The molecule has 1 aliphatic rings. The number of hydrogen-bond donors (Lipinski definition) is 1. The van der Waals surface area contributed by atoms with Gasteiger partial charge in [-0.3, -0.25) is 19.7 Å². The predicted octanol–water partition coefficient (Wildman–Crippen LogP) is 2.13. The molecule has 2 aromatic carbocycles. The van der Waals surface area contributed by atoms with Crippen LogP contribution in [-0.2, 0) is 22.6 Å². The number of nitrogens with zero attached hydrogens (tertiary/aromatic N) is 2. The van der Waals surface area contributed by atoms with Gasteiger partial charge >= 0.3 is 0 Å². The summed E-state index contributed by atoms with van der Waals surface area (Å²) in [6.07, 6.45) is 0.416. The molecule has 1 atom stereocenters. The Bertz CT molecular complexity index is 854. The van der Waals surface area contributed by atoms with Gasteiger partial charge in [0.05, 0.1) is 10.7 Å². The average molecular weight is 371 g/mol. The van der Waals surface area contributed by atoms with Gasteiger partial charge in [-0.2, -0.15) is 0 Å². The maximum absolute atomic E-state index is 12.7. The van der Waals surface area contributed by atoms with Crippen LogP contribution in [0.5, 0.6) is 0 Å². The molecule has 134 valence electrons. The van der Waals surface area contributed by atoms with E-state index in [1.165, 1.54) is 28.8 Å². The van der Waals surface area contributed by atoms with Crippen molar-refractivity contribution in [2.24, 2.45) is 5.73 Å². The fourth-order valence-corrected chi connectivity index (χ4v) is 3.72. The zero-order chi connectivity index (χ0) is 18.7. The van der Waals surface area contributed by atoms with E-state index in [2.05, 4.69) is 0 Å². The van der Waals surface area contributed by atoms with Crippen LogP contribution >= 0.6 is 11.8 Å². The van der Waals surface area contributed by atoms with Gasteiger partial charge in [0, 0.05) is 30.0 Å². The van der Waals surface area contributed by atoms with E-state index in [4.69, 9.17) is 5.73 Å². The average Bonchev–Trinajstić information content (AvgIpc) is 2.65. The Morgan fingerprint density at radius 1 is 1.15 bits per heavy atom. The van der Waals surface area contributed by atoms with Crippen LogP contribution in [0.3, 0.4) is 0 Å². The summed E-state index contributed by atoms with van der Waals surface area (Å²) in [6.45, 7) is 0.351. The summed E-state index contributed by atoms with van der Waals surface area (Å²) in [5, 5.41) is 10.7. The lowest BCUT2D eigenvalue weighted by atomic mass is 9.93. The maximum Gasteiger partial charge on any atom is 0.269 e. The van der Waals surface area contributed by atoms with Crippen molar-refractivity contribution in [2.75, 3.05) is 5.75 Å². The van der Waals surface area contributed by atoms with Crippen LogP contribution < -0.4 is 5.73 Å². The standard InChI is InChI=1S/C18H17N3O4S/c19-18(23)16-9-12-3-1-2-4-13(12)10-20(16)17(22)11-26-15-7-5-14(6-8-15)21(24)25/h1-8,16H,9-11H2,(H2,19,23). The number of nitro groups is 1. The first-order valence-electron chi connectivity index (χ1n) is 7.98. The molecule has 0 saturated heterocycles. The third-order valence-electron chi connectivity index (χ3n) is 4.31. The Morgan fingerprint density at radius 2 is 1.81 bits per heavy atom. The summed E-state index contributed by atoms with van der Waals surface area (Å²) in [7, 11) is 0. The van der Waals surface area contributed by atoms with Crippen LogP contribution in [0.4, 0.5) is 5.69 Å². The lowest BCUT2D eigenvalue weighted by Crippen LogP contribution is -2.51. The first-order chi connectivity index (χ1) is 12.5. The molecule has 3 rings (SSSR count). The second-order valence-electron chi connectivity index (χ2n) is 5.95. The monoisotopic (exact) mass is 371 g/mol. The molecule has 2 aromatic rings. The Labute approximate surface area is 154 Å². The topological polar surface area (TPSA) is 107 Å². The van der Waals surface area contributed by atoms with Crippen molar-refractivity contribution in [1.82, 2.24) is 4.90 Å². The van der Waals surface area contributed by atoms with Gasteiger partial charge in [0.15, 0.2) is 0 Å². The number of nitrogens with two attached hydrogens (primary N) is 1. The molecule has 0 radical (unpaired) electrons. The molecule has 1 aliphatic heterocycles. The number of non-ortho nitro benzene ring substituents is 1. The molecule has 2 N–H and O–H groups in total. The number of hydrogen-bond acceptors (Lipinski definition) is 5. The summed E-state index contributed by atoms with van der Waals surface area (Å²) in [5.41, 5.74) is 7.55. The molecular weight excluding hydrogens is 354 g/mol. The molecule has 26 heavy (non-hydrogen) atoms. The smallest absolute Gasteiger partial charge is 0.269 e. The fourth-order valence-electron chi connectivity index (χ4n) is 2.93. The Balaban J connectivity index is 1.69. The van der Waals surface area contributed by atoms with Gasteiger partial charge < -0.3 is 10.6 Å². The number of nitro benzene ring substituents is 1. The number of amides is 2. The molecule has 0 fully saturated rings. The highest BCUT2D eigenvalue weighted by molar-refractivity contribution is 8.00. The van der Waals surface area contributed by atoms with E-state index < -0.39 is 16.9 Å². The van der Waals surface area contributed by atoms with Gasteiger partial charge in [-0.1, -0.05) is 24.3 Å². The molecule has 0 saturated carbocycles. The lowest BCUT2D eigenvalue weighted by molar-refractivity contribution is -0.384. The van der Waals surface area contributed by atoms with Gasteiger partial charge in [-0.05, 0) is 23.3 Å². The van der Waals surface area contributed by atoms with E-state index in [1.54, 1.807) is 12.1 Å². The molecule has 7 nitrogen and oxygen atoms in total. The molecule has 1 unspecified atom stereocenters. The van der Waals surface area contributed by atoms with Crippen molar-refractivity contribution in [2.45, 2.75) is 23.9 Å². The predicted molar refractivity (Wildman–Crippen MR) is 97.5 cm³/mol. The van der Waals surface area contributed by atoms with Crippen LogP contribution in [0.2, 0.25) is 0 Å². The molecule has 0 bridgehead atoms. The van der Waals surface area contributed by atoms with Crippen molar-refractivity contribution < 1.29 is 14.5 Å². The van der Waals surface area contributed by atoms with E-state index in [1.807, 2.05) is 24.3 Å². The third-order valence-corrected chi connectivity index (χ3v) is 5.30. The van der Waals surface area contributed by atoms with Crippen LogP contribution in [0.15, 0.2) is 53.4 Å². The zero-order valence-electron chi connectivity index (χ0n) is 13.8. The maximum atomic E-state index is 12.7. The minimum absolute atomic E-state index is 0.00195. The van der Waals surface area contributed by atoms with E-state index in [0.29, 0.717) is 13.0 Å². The number of fused-ring (bicyclic) bond motifs is 1. The van der Waals surface area contributed by atoms with Gasteiger partial charge in [-0.25, -0.2) is 0 Å². The SMILES string of the molecule is NC(=O)C1Cc2ccccc2CN1C(=O)CSc1ccc([N+](=O)[O-])cc1. The summed E-state index contributed by atoms with van der Waals surface area (Å²) in [6, 6.07) is 13.0. The number of rotatable bonds is 5. The molecule has 8 heteroatoms. The van der Waals surface area contributed by atoms with Crippen LogP contribution in [0.25, 0.3) is 0 Å². The van der Waals surface area contributed by atoms with E-state index in [-0.39, 0.29) is 17.3 Å². The molecule has 2 amide bonds. The third kappa shape index (κ3) is 3.85.